The van der Waals surface area contributed by atoms with Crippen LogP contribution in [-0.2, 0) is 16.1 Å². The molecule has 0 bridgehead atoms. The van der Waals surface area contributed by atoms with Crippen LogP contribution in [0, 0.1) is 0 Å². The highest BCUT2D eigenvalue weighted by atomic mass is 16.5. The van der Waals surface area contributed by atoms with Gasteiger partial charge in [-0.1, -0.05) is 36.4 Å². The summed E-state index contributed by atoms with van der Waals surface area (Å²) in [6.45, 7) is 2.48. The SMILES string of the molecule is O=C(Nc1ccn(CC(=O)N2CCOCC2)n1)c1cccc2ccccc12. The lowest BCUT2D eigenvalue weighted by Gasteiger charge is -2.26. The van der Waals surface area contributed by atoms with E-state index in [9.17, 15) is 9.59 Å². The molecule has 1 fully saturated rings. The number of amides is 2. The third-order valence-corrected chi connectivity index (χ3v) is 4.58. The van der Waals surface area contributed by atoms with E-state index in [4.69, 9.17) is 4.74 Å². The predicted molar refractivity (Wildman–Crippen MR) is 102 cm³/mol. The van der Waals surface area contributed by atoms with E-state index in [-0.39, 0.29) is 18.4 Å². The smallest absolute Gasteiger partial charge is 0.257 e. The molecule has 1 aliphatic heterocycles. The normalized spacial score (nSPS) is 14.3. The highest BCUT2D eigenvalue weighted by Gasteiger charge is 2.18. The molecule has 4 rings (SSSR count). The van der Waals surface area contributed by atoms with Gasteiger partial charge in [-0.25, -0.2) is 0 Å². The number of carbonyl (C=O) groups excluding carboxylic acids is 2. The number of nitrogens with one attached hydrogen (secondary N) is 1. The van der Waals surface area contributed by atoms with E-state index in [1.807, 2.05) is 36.4 Å². The van der Waals surface area contributed by atoms with Crippen molar-refractivity contribution < 1.29 is 14.3 Å². The van der Waals surface area contributed by atoms with Crippen molar-refractivity contribution in [1.82, 2.24) is 14.7 Å². The number of nitrogens with zero attached hydrogens (tertiary/aromatic N) is 3. The van der Waals surface area contributed by atoms with E-state index in [0.717, 1.165) is 10.8 Å². The molecule has 1 aliphatic rings. The van der Waals surface area contributed by atoms with Crippen LogP contribution in [0.15, 0.2) is 54.7 Å². The topological polar surface area (TPSA) is 76.5 Å². The van der Waals surface area contributed by atoms with Crippen molar-refractivity contribution in [2.75, 3.05) is 31.6 Å². The van der Waals surface area contributed by atoms with Crippen molar-refractivity contribution in [3.8, 4) is 0 Å². The maximum Gasteiger partial charge on any atom is 0.257 e. The quantitative estimate of drug-likeness (QED) is 0.770. The minimum atomic E-state index is -0.225. The molecular weight excluding hydrogens is 344 g/mol. The van der Waals surface area contributed by atoms with Gasteiger partial charge in [-0.15, -0.1) is 0 Å². The predicted octanol–water partition coefficient (Wildman–Crippen LogP) is 2.15. The highest BCUT2D eigenvalue weighted by Crippen LogP contribution is 2.19. The largest absolute Gasteiger partial charge is 0.378 e. The first-order valence-electron chi connectivity index (χ1n) is 8.89. The van der Waals surface area contributed by atoms with Gasteiger partial charge in [-0.3, -0.25) is 14.3 Å². The number of hydrogen-bond acceptors (Lipinski definition) is 4. The van der Waals surface area contributed by atoms with Crippen molar-refractivity contribution in [3.05, 3.63) is 60.3 Å². The Morgan fingerprint density at radius 2 is 1.81 bits per heavy atom. The number of fused-ring (bicyclic) bond motifs is 1. The fourth-order valence-corrected chi connectivity index (χ4v) is 3.17. The fraction of sp³-hybridized carbons (Fsp3) is 0.250. The first kappa shape index (κ1) is 17.2. The molecular formula is C20H20N4O3. The van der Waals surface area contributed by atoms with Gasteiger partial charge in [0.2, 0.25) is 5.91 Å². The van der Waals surface area contributed by atoms with Crippen molar-refractivity contribution in [2.45, 2.75) is 6.54 Å². The molecule has 2 aromatic carbocycles. The summed E-state index contributed by atoms with van der Waals surface area (Å²) in [6.07, 6.45) is 1.69. The van der Waals surface area contributed by atoms with Gasteiger partial charge in [0, 0.05) is 30.9 Å². The third-order valence-electron chi connectivity index (χ3n) is 4.58. The van der Waals surface area contributed by atoms with E-state index in [1.165, 1.54) is 4.68 Å². The van der Waals surface area contributed by atoms with Crippen LogP contribution in [0.3, 0.4) is 0 Å². The number of benzene rings is 2. The Labute approximate surface area is 156 Å². The van der Waals surface area contributed by atoms with Gasteiger partial charge in [0.05, 0.1) is 13.2 Å². The molecule has 0 spiro atoms. The number of anilines is 1. The standard InChI is InChI=1S/C20H20N4O3/c25-19(23-10-12-27-13-11-23)14-24-9-8-18(22-24)21-20(26)17-7-3-5-15-4-1-2-6-16(15)17/h1-9H,10-14H2,(H,21,22,26). The maximum absolute atomic E-state index is 12.7. The van der Waals surface area contributed by atoms with Crippen LogP contribution in [-0.4, -0.2) is 52.8 Å². The summed E-state index contributed by atoms with van der Waals surface area (Å²) in [5.41, 5.74) is 0.590. The number of carbonyl (C=O) groups is 2. The Balaban J connectivity index is 1.44. The average Bonchev–Trinajstić information content (AvgIpc) is 3.14. The van der Waals surface area contributed by atoms with Crippen LogP contribution >= 0.6 is 0 Å². The van der Waals surface area contributed by atoms with Crippen LogP contribution in [0.5, 0.6) is 0 Å². The van der Waals surface area contributed by atoms with E-state index in [1.54, 1.807) is 23.2 Å². The zero-order chi connectivity index (χ0) is 18.6. The lowest BCUT2D eigenvalue weighted by atomic mass is 10.0. The minimum absolute atomic E-state index is 0.00618. The summed E-state index contributed by atoms with van der Waals surface area (Å²) in [6, 6.07) is 15.0. The van der Waals surface area contributed by atoms with Gasteiger partial charge in [0.15, 0.2) is 5.82 Å². The Kier molecular flexibility index (Phi) is 4.84. The van der Waals surface area contributed by atoms with Crippen molar-refractivity contribution in [1.29, 1.82) is 0 Å². The molecule has 1 saturated heterocycles. The van der Waals surface area contributed by atoms with Gasteiger partial charge >= 0.3 is 0 Å². The third kappa shape index (κ3) is 3.83. The van der Waals surface area contributed by atoms with E-state index < -0.39 is 0 Å². The molecule has 3 aromatic rings. The monoisotopic (exact) mass is 364 g/mol. The minimum Gasteiger partial charge on any atom is -0.378 e. The van der Waals surface area contributed by atoms with Crippen molar-refractivity contribution in [3.63, 3.8) is 0 Å². The van der Waals surface area contributed by atoms with Crippen LogP contribution < -0.4 is 5.32 Å². The van der Waals surface area contributed by atoms with E-state index in [2.05, 4.69) is 10.4 Å². The summed E-state index contributed by atoms with van der Waals surface area (Å²) in [5, 5.41) is 9.00. The summed E-state index contributed by atoms with van der Waals surface area (Å²) in [5.74, 6) is 0.188. The molecule has 2 amide bonds. The summed E-state index contributed by atoms with van der Waals surface area (Å²) in [7, 11) is 0. The molecule has 7 nitrogen and oxygen atoms in total. The van der Waals surface area contributed by atoms with E-state index >= 15 is 0 Å². The van der Waals surface area contributed by atoms with Crippen LogP contribution in [0.1, 0.15) is 10.4 Å². The van der Waals surface area contributed by atoms with E-state index in [0.29, 0.717) is 37.7 Å². The van der Waals surface area contributed by atoms with Gasteiger partial charge in [-0.05, 0) is 16.8 Å². The molecule has 138 valence electrons. The zero-order valence-electron chi connectivity index (χ0n) is 14.8. The number of hydrogen-bond donors (Lipinski definition) is 1. The summed E-state index contributed by atoms with van der Waals surface area (Å²) < 4.78 is 6.79. The van der Waals surface area contributed by atoms with Gasteiger partial charge in [0.1, 0.15) is 6.54 Å². The second kappa shape index (κ2) is 7.59. The van der Waals surface area contributed by atoms with Gasteiger partial charge < -0.3 is 15.0 Å². The summed E-state index contributed by atoms with van der Waals surface area (Å²) >= 11 is 0. The first-order valence-corrected chi connectivity index (χ1v) is 8.89. The number of aromatic nitrogens is 2. The second-order valence-electron chi connectivity index (χ2n) is 6.37. The molecule has 0 saturated carbocycles. The molecule has 0 atom stereocenters. The number of ether oxygens (including phenoxy) is 1. The zero-order valence-corrected chi connectivity index (χ0v) is 14.8. The molecule has 0 radical (unpaired) electrons. The van der Waals surface area contributed by atoms with Crippen LogP contribution in [0.4, 0.5) is 5.82 Å². The summed E-state index contributed by atoms with van der Waals surface area (Å²) in [4.78, 5) is 26.7. The molecule has 27 heavy (non-hydrogen) atoms. The molecule has 1 N–H and O–H groups in total. The Morgan fingerprint density at radius 3 is 2.67 bits per heavy atom. The first-order chi connectivity index (χ1) is 13.2. The Hall–Kier alpha value is -3.19. The van der Waals surface area contributed by atoms with Crippen molar-refractivity contribution in [2.24, 2.45) is 0 Å². The average molecular weight is 364 g/mol. The highest BCUT2D eigenvalue weighted by molar-refractivity contribution is 6.12. The lowest BCUT2D eigenvalue weighted by molar-refractivity contribution is -0.136. The Bertz CT molecular complexity index is 971. The number of morpholine rings is 1. The van der Waals surface area contributed by atoms with Gasteiger partial charge in [0.25, 0.3) is 5.91 Å². The second-order valence-corrected chi connectivity index (χ2v) is 6.37. The molecule has 7 heteroatoms. The molecule has 2 heterocycles. The van der Waals surface area contributed by atoms with Gasteiger partial charge in [-0.2, -0.15) is 5.10 Å². The van der Waals surface area contributed by atoms with Crippen molar-refractivity contribution >= 4 is 28.4 Å². The fourth-order valence-electron chi connectivity index (χ4n) is 3.17. The molecule has 0 unspecified atom stereocenters. The lowest BCUT2D eigenvalue weighted by Crippen LogP contribution is -2.42. The molecule has 0 aliphatic carbocycles. The van der Waals surface area contributed by atoms with Crippen LogP contribution in [0.2, 0.25) is 0 Å². The number of rotatable bonds is 4. The van der Waals surface area contributed by atoms with Crippen LogP contribution in [0.25, 0.3) is 10.8 Å². The molecule has 1 aromatic heterocycles. The maximum atomic E-state index is 12.7. The Morgan fingerprint density at radius 1 is 1.04 bits per heavy atom.